The van der Waals surface area contributed by atoms with E-state index < -0.39 is 35.5 Å². The first-order valence-electron chi connectivity index (χ1n) is 5.61. The molecule has 0 aliphatic carbocycles. The molecule has 0 aromatic carbocycles. The van der Waals surface area contributed by atoms with Gasteiger partial charge in [-0.1, -0.05) is 20.8 Å². The van der Waals surface area contributed by atoms with Crippen molar-refractivity contribution in [3.8, 4) is 0 Å². The van der Waals surface area contributed by atoms with Crippen LogP contribution in [-0.4, -0.2) is 51.7 Å². The summed E-state index contributed by atoms with van der Waals surface area (Å²) in [5, 5.41) is 18.4. The van der Waals surface area contributed by atoms with Crippen LogP contribution in [0.15, 0.2) is 0 Å². The molecule has 1 unspecified atom stereocenters. The fourth-order valence-corrected chi connectivity index (χ4v) is 1.84. The Kier molecular flexibility index (Phi) is 3.78. The highest BCUT2D eigenvalue weighted by atomic mass is 16.4. The summed E-state index contributed by atoms with van der Waals surface area (Å²) >= 11 is 0. The van der Waals surface area contributed by atoms with Crippen LogP contribution in [0.5, 0.6) is 0 Å². The number of aliphatic hydroxyl groups excluding tert-OH is 1. The predicted octanol–water partition coefficient (Wildman–Crippen LogP) is -0.594. The predicted molar refractivity (Wildman–Crippen MR) is 61.2 cm³/mol. The number of nitrogens with two attached hydrogens (primary N) is 1. The van der Waals surface area contributed by atoms with E-state index in [1.54, 1.807) is 0 Å². The van der Waals surface area contributed by atoms with E-state index in [2.05, 4.69) is 0 Å². The molecular formula is C11H20N2O4. The number of rotatable bonds is 2. The van der Waals surface area contributed by atoms with Crippen LogP contribution in [0.25, 0.3) is 0 Å². The maximum absolute atomic E-state index is 12.1. The Bertz CT molecular complexity index is 324. The fraction of sp³-hybridized carbons (Fsp3) is 0.818. The largest absolute Gasteiger partial charge is 0.480 e. The molecule has 98 valence electrons. The van der Waals surface area contributed by atoms with Gasteiger partial charge in [0.2, 0.25) is 5.91 Å². The topological polar surface area (TPSA) is 104 Å². The lowest BCUT2D eigenvalue weighted by Gasteiger charge is -2.31. The van der Waals surface area contributed by atoms with Gasteiger partial charge >= 0.3 is 5.97 Å². The van der Waals surface area contributed by atoms with Gasteiger partial charge in [0.1, 0.15) is 6.04 Å². The molecule has 1 aliphatic heterocycles. The molecule has 6 heteroatoms. The van der Waals surface area contributed by atoms with Gasteiger partial charge in [0.25, 0.3) is 0 Å². The van der Waals surface area contributed by atoms with E-state index >= 15 is 0 Å². The van der Waals surface area contributed by atoms with Crippen molar-refractivity contribution in [1.82, 2.24) is 4.90 Å². The van der Waals surface area contributed by atoms with E-state index in [0.29, 0.717) is 0 Å². The van der Waals surface area contributed by atoms with Gasteiger partial charge < -0.3 is 20.8 Å². The minimum Gasteiger partial charge on any atom is -0.480 e. The van der Waals surface area contributed by atoms with Gasteiger partial charge in [0, 0.05) is 13.0 Å². The van der Waals surface area contributed by atoms with Crippen molar-refractivity contribution in [2.75, 3.05) is 6.54 Å². The van der Waals surface area contributed by atoms with Crippen molar-refractivity contribution >= 4 is 11.9 Å². The van der Waals surface area contributed by atoms with E-state index in [4.69, 9.17) is 10.8 Å². The third-order valence-corrected chi connectivity index (χ3v) is 3.05. The van der Waals surface area contributed by atoms with Gasteiger partial charge in [-0.05, 0) is 5.41 Å². The van der Waals surface area contributed by atoms with E-state index in [1.165, 1.54) is 4.90 Å². The second kappa shape index (κ2) is 4.62. The third kappa shape index (κ3) is 2.95. The summed E-state index contributed by atoms with van der Waals surface area (Å²) in [7, 11) is 0. The van der Waals surface area contributed by atoms with E-state index in [1.807, 2.05) is 20.8 Å². The fourth-order valence-electron chi connectivity index (χ4n) is 1.84. The average molecular weight is 244 g/mol. The minimum atomic E-state index is -1.10. The van der Waals surface area contributed by atoms with E-state index in [-0.39, 0.29) is 13.0 Å². The summed E-state index contributed by atoms with van der Waals surface area (Å²) in [4.78, 5) is 24.2. The highest BCUT2D eigenvalue weighted by Gasteiger charge is 2.42. The number of β-amino-alcohol motifs (C(OH)–C–C–N with tert-alkyl or cyclic N) is 1. The molecule has 17 heavy (non-hydrogen) atoms. The van der Waals surface area contributed by atoms with Gasteiger partial charge in [-0.2, -0.15) is 0 Å². The average Bonchev–Trinajstić information content (AvgIpc) is 2.56. The number of likely N-dealkylation sites (tertiary alicyclic amines) is 1. The molecule has 0 aromatic heterocycles. The molecule has 0 aromatic rings. The van der Waals surface area contributed by atoms with Gasteiger partial charge in [0.05, 0.1) is 12.1 Å². The minimum absolute atomic E-state index is 0.0413. The molecule has 0 saturated carbocycles. The molecule has 0 bridgehead atoms. The summed E-state index contributed by atoms with van der Waals surface area (Å²) in [6.45, 7) is 5.49. The van der Waals surface area contributed by atoms with Crippen LogP contribution >= 0.6 is 0 Å². The van der Waals surface area contributed by atoms with Gasteiger partial charge in [-0.15, -0.1) is 0 Å². The van der Waals surface area contributed by atoms with Crippen LogP contribution in [0.4, 0.5) is 0 Å². The lowest BCUT2D eigenvalue weighted by atomic mass is 9.86. The number of aliphatic hydroxyl groups is 1. The Balaban J connectivity index is 2.84. The van der Waals surface area contributed by atoms with Crippen LogP contribution in [0.2, 0.25) is 0 Å². The highest BCUT2D eigenvalue weighted by molar-refractivity contribution is 5.88. The molecule has 6 nitrogen and oxygen atoms in total. The Morgan fingerprint density at radius 3 is 2.35 bits per heavy atom. The summed E-state index contributed by atoms with van der Waals surface area (Å²) in [6, 6.07) is -1.74. The Labute approximate surface area is 100 Å². The maximum Gasteiger partial charge on any atom is 0.326 e. The zero-order chi connectivity index (χ0) is 13.4. The number of amides is 1. The van der Waals surface area contributed by atoms with E-state index in [0.717, 1.165) is 0 Å². The first-order chi connectivity index (χ1) is 7.64. The molecule has 3 atom stereocenters. The van der Waals surface area contributed by atoms with Crippen molar-refractivity contribution in [3.05, 3.63) is 0 Å². The Morgan fingerprint density at radius 2 is 1.94 bits per heavy atom. The molecule has 0 radical (unpaired) electrons. The number of carboxylic acids is 1. The van der Waals surface area contributed by atoms with Crippen LogP contribution in [0.3, 0.4) is 0 Å². The maximum atomic E-state index is 12.1. The summed E-state index contributed by atoms with van der Waals surface area (Å²) in [5.41, 5.74) is 5.38. The summed E-state index contributed by atoms with van der Waals surface area (Å²) < 4.78 is 0. The highest BCUT2D eigenvalue weighted by Crippen LogP contribution is 2.24. The lowest BCUT2D eigenvalue weighted by Crippen LogP contribution is -2.53. The summed E-state index contributed by atoms with van der Waals surface area (Å²) in [6.07, 6.45) is -0.718. The number of carbonyl (C=O) groups is 2. The molecule has 1 amide bonds. The van der Waals surface area contributed by atoms with Crippen molar-refractivity contribution < 1.29 is 19.8 Å². The first kappa shape index (κ1) is 13.9. The first-order valence-corrected chi connectivity index (χ1v) is 5.61. The normalized spacial score (nSPS) is 27.0. The number of aliphatic carboxylic acids is 1. The number of carboxylic acid groups (broad SMARTS) is 1. The van der Waals surface area contributed by atoms with Crippen LogP contribution < -0.4 is 5.73 Å². The van der Waals surface area contributed by atoms with Crippen molar-refractivity contribution in [3.63, 3.8) is 0 Å². The second-order valence-electron chi connectivity index (χ2n) is 5.58. The molecule has 4 N–H and O–H groups in total. The smallest absolute Gasteiger partial charge is 0.326 e. The van der Waals surface area contributed by atoms with Gasteiger partial charge in [-0.25, -0.2) is 4.79 Å². The Hall–Kier alpha value is -1.14. The zero-order valence-corrected chi connectivity index (χ0v) is 10.4. The van der Waals surface area contributed by atoms with Crippen molar-refractivity contribution in [2.24, 2.45) is 11.1 Å². The lowest BCUT2D eigenvalue weighted by molar-refractivity contribution is -0.149. The standard InChI is InChI=1S/C11H20N2O4/c1-11(2,3)8(12)9(15)13-5-6(14)4-7(13)10(16)17/h6-8,14H,4-5,12H2,1-3H3,(H,16,17)/t6?,7-,8-/m0/s1. The van der Waals surface area contributed by atoms with Gasteiger partial charge in [0.15, 0.2) is 0 Å². The molecule has 1 heterocycles. The van der Waals surface area contributed by atoms with Gasteiger partial charge in [-0.3, -0.25) is 4.79 Å². The van der Waals surface area contributed by atoms with Crippen LogP contribution in [-0.2, 0) is 9.59 Å². The zero-order valence-electron chi connectivity index (χ0n) is 10.4. The SMILES string of the molecule is CC(C)(C)[C@@H](N)C(=O)N1CC(O)C[C@H]1C(=O)O. The van der Waals surface area contributed by atoms with Crippen LogP contribution in [0, 0.1) is 5.41 Å². The monoisotopic (exact) mass is 244 g/mol. The number of nitrogens with zero attached hydrogens (tertiary/aromatic N) is 1. The number of carbonyl (C=O) groups excluding carboxylic acids is 1. The van der Waals surface area contributed by atoms with Crippen molar-refractivity contribution in [1.29, 1.82) is 0 Å². The molecule has 1 rings (SSSR count). The molecule has 0 spiro atoms. The molecule has 1 fully saturated rings. The molecular weight excluding hydrogens is 224 g/mol. The number of hydrogen-bond donors (Lipinski definition) is 3. The molecule has 1 aliphatic rings. The quantitative estimate of drug-likeness (QED) is 0.602. The van der Waals surface area contributed by atoms with Crippen molar-refractivity contribution in [2.45, 2.75) is 45.4 Å². The Morgan fingerprint density at radius 1 is 1.41 bits per heavy atom. The van der Waals surface area contributed by atoms with E-state index in [9.17, 15) is 14.7 Å². The number of hydrogen-bond acceptors (Lipinski definition) is 4. The second-order valence-corrected chi connectivity index (χ2v) is 5.58. The summed E-state index contributed by atoms with van der Waals surface area (Å²) in [5.74, 6) is -1.52. The third-order valence-electron chi connectivity index (χ3n) is 3.05. The molecule has 1 saturated heterocycles. The van der Waals surface area contributed by atoms with Crippen LogP contribution in [0.1, 0.15) is 27.2 Å².